The fourth-order valence-corrected chi connectivity index (χ4v) is 2.89. The summed E-state index contributed by atoms with van der Waals surface area (Å²) >= 11 is 5.87. The van der Waals surface area contributed by atoms with Crippen molar-refractivity contribution in [2.45, 2.75) is 25.6 Å². The van der Waals surface area contributed by atoms with Crippen LogP contribution < -0.4 is 9.64 Å². The predicted molar refractivity (Wildman–Crippen MR) is 88.4 cm³/mol. The van der Waals surface area contributed by atoms with Crippen LogP contribution in [0.25, 0.3) is 0 Å². The van der Waals surface area contributed by atoms with Gasteiger partial charge in [-0.3, -0.25) is 9.59 Å². The maximum absolute atomic E-state index is 12.3. The minimum atomic E-state index is -4.82. The van der Waals surface area contributed by atoms with Gasteiger partial charge in [-0.2, -0.15) is 0 Å². The number of hydrogen-bond acceptors (Lipinski definition) is 4. The number of aliphatic carboxylic acids is 1. The number of carbonyl (C=O) groups excluding carboxylic acids is 1. The van der Waals surface area contributed by atoms with Gasteiger partial charge in [-0.25, -0.2) is 0 Å². The third-order valence-electron chi connectivity index (χ3n) is 3.91. The van der Waals surface area contributed by atoms with Gasteiger partial charge in [-0.1, -0.05) is 11.6 Å². The molecule has 0 bridgehead atoms. The molecule has 0 saturated carbocycles. The third kappa shape index (κ3) is 5.98. The summed E-state index contributed by atoms with van der Waals surface area (Å²) in [6.45, 7) is 1.62. The van der Waals surface area contributed by atoms with E-state index in [9.17, 15) is 22.8 Å². The fourth-order valence-electron chi connectivity index (χ4n) is 2.68. The van der Waals surface area contributed by atoms with Gasteiger partial charge in [0.2, 0.25) is 5.91 Å². The van der Waals surface area contributed by atoms with Crippen molar-refractivity contribution in [3.05, 3.63) is 23.2 Å². The summed E-state index contributed by atoms with van der Waals surface area (Å²) in [6, 6.07) is 3.97. The maximum atomic E-state index is 12.3. The second kappa shape index (κ2) is 8.48. The molecule has 1 N–H and O–H groups in total. The number of benzene rings is 1. The first-order valence-corrected chi connectivity index (χ1v) is 8.33. The summed E-state index contributed by atoms with van der Waals surface area (Å²) in [5.41, 5.74) is 0.588. The second-order valence-electron chi connectivity index (χ2n) is 5.78. The molecule has 1 aliphatic heterocycles. The number of hydrogen-bond donors (Lipinski definition) is 1. The molecule has 0 radical (unpaired) electrons. The number of nitrogens with zero attached hydrogens (tertiary/aromatic N) is 2. The summed E-state index contributed by atoms with van der Waals surface area (Å²) < 4.78 is 40.7. The van der Waals surface area contributed by atoms with E-state index in [1.807, 2.05) is 4.90 Å². The van der Waals surface area contributed by atoms with Gasteiger partial charge in [0.15, 0.2) is 0 Å². The zero-order valence-corrected chi connectivity index (χ0v) is 14.5. The van der Waals surface area contributed by atoms with Crippen molar-refractivity contribution in [3.63, 3.8) is 0 Å². The Balaban J connectivity index is 2.00. The lowest BCUT2D eigenvalue weighted by Crippen LogP contribution is -2.34. The molecule has 26 heavy (non-hydrogen) atoms. The minimum absolute atomic E-state index is 0.0101. The lowest BCUT2D eigenvalue weighted by molar-refractivity contribution is -0.274. The highest BCUT2D eigenvalue weighted by Crippen LogP contribution is 2.33. The van der Waals surface area contributed by atoms with Gasteiger partial charge in [0.05, 0.1) is 5.02 Å². The van der Waals surface area contributed by atoms with E-state index in [0.29, 0.717) is 38.3 Å². The highest BCUT2D eigenvalue weighted by atomic mass is 35.5. The van der Waals surface area contributed by atoms with E-state index in [-0.39, 0.29) is 23.8 Å². The Morgan fingerprint density at radius 1 is 1.27 bits per heavy atom. The number of rotatable bonds is 6. The molecular weight excluding hydrogens is 377 g/mol. The lowest BCUT2D eigenvalue weighted by Gasteiger charge is -2.24. The standard InChI is InChI=1S/C16H18ClF3N2O4/c17-12-10-11(3-4-13(12)26-16(18,19)20)21-7-5-14(23)22(9-8-21)6-1-2-15(24)25/h3-4,10H,1-2,5-9H2,(H,24,25). The number of anilines is 1. The van der Waals surface area contributed by atoms with Crippen LogP contribution in [0.1, 0.15) is 19.3 Å². The smallest absolute Gasteiger partial charge is 0.481 e. The Morgan fingerprint density at radius 3 is 2.62 bits per heavy atom. The minimum Gasteiger partial charge on any atom is -0.481 e. The van der Waals surface area contributed by atoms with E-state index in [2.05, 4.69) is 4.74 Å². The Hall–Kier alpha value is -2.16. The van der Waals surface area contributed by atoms with Crippen molar-refractivity contribution >= 4 is 29.2 Å². The number of carbonyl (C=O) groups is 2. The number of amides is 1. The summed E-state index contributed by atoms with van der Waals surface area (Å²) in [5, 5.41) is 8.50. The Bertz CT molecular complexity index is 669. The van der Waals surface area contributed by atoms with Gasteiger partial charge in [0.25, 0.3) is 0 Å². The Morgan fingerprint density at radius 2 is 2.00 bits per heavy atom. The molecule has 0 unspecified atom stereocenters. The first kappa shape index (κ1) is 20.2. The summed E-state index contributed by atoms with van der Waals surface area (Å²) in [4.78, 5) is 26.1. The zero-order valence-electron chi connectivity index (χ0n) is 13.8. The second-order valence-corrected chi connectivity index (χ2v) is 6.18. The molecule has 0 aliphatic carbocycles. The normalized spacial score (nSPS) is 15.8. The molecule has 10 heteroatoms. The van der Waals surface area contributed by atoms with Crippen LogP contribution in [0.4, 0.5) is 18.9 Å². The van der Waals surface area contributed by atoms with E-state index in [0.717, 1.165) is 6.07 Å². The SMILES string of the molecule is O=C(O)CCCN1CCN(c2ccc(OC(F)(F)F)c(Cl)c2)CCC1=O. The predicted octanol–water partition coefficient (Wildman–Crippen LogP) is 3.14. The van der Waals surface area contributed by atoms with Crippen molar-refractivity contribution in [2.24, 2.45) is 0 Å². The van der Waals surface area contributed by atoms with Crippen LogP contribution in [0.15, 0.2) is 18.2 Å². The van der Waals surface area contributed by atoms with Crippen LogP contribution in [-0.4, -0.2) is 54.4 Å². The Labute approximate surface area is 153 Å². The first-order chi connectivity index (χ1) is 12.2. The van der Waals surface area contributed by atoms with Crippen molar-refractivity contribution in [1.82, 2.24) is 4.90 Å². The van der Waals surface area contributed by atoms with Gasteiger partial charge < -0.3 is 19.6 Å². The molecular formula is C16H18ClF3N2O4. The summed E-state index contributed by atoms with van der Waals surface area (Å²) in [5.74, 6) is -1.48. The number of alkyl halides is 3. The third-order valence-corrected chi connectivity index (χ3v) is 4.21. The largest absolute Gasteiger partial charge is 0.573 e. The summed E-state index contributed by atoms with van der Waals surface area (Å²) in [6.07, 6.45) is -4.23. The van der Waals surface area contributed by atoms with Crippen molar-refractivity contribution in [1.29, 1.82) is 0 Å². The zero-order chi connectivity index (χ0) is 19.3. The topological polar surface area (TPSA) is 70.1 Å². The molecule has 2 rings (SSSR count). The molecule has 144 valence electrons. The maximum Gasteiger partial charge on any atom is 0.573 e. The van der Waals surface area contributed by atoms with E-state index >= 15 is 0 Å². The molecule has 1 aromatic carbocycles. The van der Waals surface area contributed by atoms with Gasteiger partial charge in [0, 0.05) is 44.7 Å². The Kier molecular flexibility index (Phi) is 6.57. The number of carboxylic acids is 1. The van der Waals surface area contributed by atoms with Gasteiger partial charge in [0.1, 0.15) is 5.75 Å². The molecule has 1 heterocycles. The van der Waals surface area contributed by atoms with Gasteiger partial charge in [-0.15, -0.1) is 13.2 Å². The van der Waals surface area contributed by atoms with Gasteiger partial charge in [-0.05, 0) is 24.6 Å². The van der Waals surface area contributed by atoms with Gasteiger partial charge >= 0.3 is 12.3 Å². The van der Waals surface area contributed by atoms with Crippen LogP contribution in [0.3, 0.4) is 0 Å². The molecule has 6 nitrogen and oxygen atoms in total. The van der Waals surface area contributed by atoms with E-state index in [1.165, 1.54) is 12.1 Å². The van der Waals surface area contributed by atoms with Crippen LogP contribution in [-0.2, 0) is 9.59 Å². The van der Waals surface area contributed by atoms with Crippen LogP contribution in [0.5, 0.6) is 5.75 Å². The molecule has 1 saturated heterocycles. The lowest BCUT2D eigenvalue weighted by atomic mass is 10.2. The van der Waals surface area contributed by atoms with Crippen molar-refractivity contribution < 1.29 is 32.6 Å². The highest BCUT2D eigenvalue weighted by molar-refractivity contribution is 6.32. The fraction of sp³-hybridized carbons (Fsp3) is 0.500. The number of halogens is 4. The van der Waals surface area contributed by atoms with E-state index in [4.69, 9.17) is 16.7 Å². The average Bonchev–Trinajstić information content (AvgIpc) is 2.70. The van der Waals surface area contributed by atoms with Crippen molar-refractivity contribution in [2.75, 3.05) is 31.1 Å². The summed E-state index contributed by atoms with van der Waals surface area (Å²) in [7, 11) is 0. The molecule has 1 aliphatic rings. The molecule has 1 fully saturated rings. The first-order valence-electron chi connectivity index (χ1n) is 7.95. The molecule has 0 spiro atoms. The molecule has 0 aromatic heterocycles. The molecule has 0 atom stereocenters. The monoisotopic (exact) mass is 394 g/mol. The molecule has 1 aromatic rings. The van der Waals surface area contributed by atoms with Crippen LogP contribution >= 0.6 is 11.6 Å². The number of ether oxygens (including phenoxy) is 1. The quantitative estimate of drug-likeness (QED) is 0.802. The van der Waals surface area contributed by atoms with Crippen molar-refractivity contribution in [3.8, 4) is 5.75 Å². The number of carboxylic acid groups (broad SMARTS) is 1. The highest BCUT2D eigenvalue weighted by Gasteiger charge is 2.32. The van der Waals surface area contributed by atoms with Crippen LogP contribution in [0, 0.1) is 0 Å². The molecule has 1 amide bonds. The van der Waals surface area contributed by atoms with Crippen LogP contribution in [0.2, 0.25) is 5.02 Å². The van der Waals surface area contributed by atoms with E-state index < -0.39 is 18.1 Å². The average molecular weight is 395 g/mol. The van der Waals surface area contributed by atoms with E-state index in [1.54, 1.807) is 4.90 Å².